The Balaban J connectivity index is 2.10. The van der Waals surface area contributed by atoms with Crippen molar-refractivity contribution in [1.82, 2.24) is 5.32 Å². The molecule has 1 aromatic carbocycles. The quantitative estimate of drug-likeness (QED) is 0.826. The monoisotopic (exact) mass is 241 g/mol. The van der Waals surface area contributed by atoms with Crippen LogP contribution in [-0.2, 0) is 4.74 Å². The molecule has 86 valence electrons. The minimum Gasteiger partial charge on any atom is -0.508 e. The van der Waals surface area contributed by atoms with Crippen molar-refractivity contribution in [3.05, 3.63) is 28.8 Å². The number of phenolic OH excluding ortho intramolecular Hbond substituents is 1. The van der Waals surface area contributed by atoms with Gasteiger partial charge in [-0.1, -0.05) is 11.6 Å². The molecule has 4 nitrogen and oxygen atoms in total. The highest BCUT2D eigenvalue weighted by Gasteiger charge is 2.20. The van der Waals surface area contributed by atoms with Crippen molar-refractivity contribution in [2.45, 2.75) is 12.5 Å². The van der Waals surface area contributed by atoms with E-state index in [1.165, 1.54) is 18.2 Å². The fourth-order valence-corrected chi connectivity index (χ4v) is 1.80. The van der Waals surface area contributed by atoms with Crippen molar-refractivity contribution in [3.63, 3.8) is 0 Å². The standard InChI is InChI=1S/C11H12ClNO3/c12-10-2-1-8(14)5-9(10)11(15)13-7-3-4-16-6-7/h1-2,5,7,14H,3-4,6H2,(H,13,15). The van der Waals surface area contributed by atoms with E-state index in [1.54, 1.807) is 0 Å². The van der Waals surface area contributed by atoms with Crippen LogP contribution in [-0.4, -0.2) is 30.3 Å². The van der Waals surface area contributed by atoms with Gasteiger partial charge >= 0.3 is 0 Å². The lowest BCUT2D eigenvalue weighted by atomic mass is 10.1. The average Bonchev–Trinajstić information content (AvgIpc) is 2.74. The van der Waals surface area contributed by atoms with Gasteiger partial charge in [0.25, 0.3) is 5.91 Å². The number of hydrogen-bond acceptors (Lipinski definition) is 3. The normalized spacial score (nSPS) is 19.7. The Kier molecular flexibility index (Phi) is 3.31. The summed E-state index contributed by atoms with van der Waals surface area (Å²) in [6.07, 6.45) is 0.808. The average molecular weight is 242 g/mol. The molecule has 1 aromatic rings. The van der Waals surface area contributed by atoms with Crippen molar-refractivity contribution in [3.8, 4) is 5.75 Å². The second kappa shape index (κ2) is 4.72. The lowest BCUT2D eigenvalue weighted by molar-refractivity contribution is 0.0929. The summed E-state index contributed by atoms with van der Waals surface area (Å²) >= 11 is 5.87. The predicted molar refractivity (Wildman–Crippen MR) is 59.8 cm³/mol. The Bertz CT molecular complexity index is 402. The van der Waals surface area contributed by atoms with Crippen LogP contribution < -0.4 is 5.32 Å². The van der Waals surface area contributed by atoms with E-state index in [4.69, 9.17) is 16.3 Å². The molecule has 0 saturated carbocycles. The number of halogens is 1. The Morgan fingerprint density at radius 1 is 1.56 bits per heavy atom. The van der Waals surface area contributed by atoms with Gasteiger partial charge in [0.15, 0.2) is 0 Å². The zero-order valence-electron chi connectivity index (χ0n) is 8.57. The molecule has 2 N–H and O–H groups in total. The SMILES string of the molecule is O=C(NC1CCOC1)c1cc(O)ccc1Cl. The van der Waals surface area contributed by atoms with E-state index in [0.717, 1.165) is 6.42 Å². The summed E-state index contributed by atoms with van der Waals surface area (Å²) in [7, 11) is 0. The first-order chi connectivity index (χ1) is 7.66. The lowest BCUT2D eigenvalue weighted by Gasteiger charge is -2.11. The van der Waals surface area contributed by atoms with Gasteiger partial charge in [-0.05, 0) is 24.6 Å². The van der Waals surface area contributed by atoms with E-state index in [1.807, 2.05) is 0 Å². The second-order valence-electron chi connectivity index (χ2n) is 3.70. The van der Waals surface area contributed by atoms with Crippen LogP contribution in [0.3, 0.4) is 0 Å². The molecular weight excluding hydrogens is 230 g/mol. The minimum atomic E-state index is -0.281. The summed E-state index contributed by atoms with van der Waals surface area (Å²) in [6.45, 7) is 1.20. The zero-order chi connectivity index (χ0) is 11.5. The molecule has 2 rings (SSSR count). The first-order valence-electron chi connectivity index (χ1n) is 5.04. The molecule has 1 atom stereocenters. The van der Waals surface area contributed by atoms with E-state index in [0.29, 0.717) is 18.2 Å². The zero-order valence-corrected chi connectivity index (χ0v) is 9.33. The van der Waals surface area contributed by atoms with Crippen LogP contribution in [0.1, 0.15) is 16.8 Å². The summed E-state index contributed by atoms with van der Waals surface area (Å²) in [6, 6.07) is 4.33. The molecule has 1 saturated heterocycles. The maximum absolute atomic E-state index is 11.8. The third-order valence-corrected chi connectivity index (χ3v) is 2.79. The molecule has 1 aliphatic heterocycles. The highest BCUT2D eigenvalue weighted by Crippen LogP contribution is 2.21. The summed E-state index contributed by atoms with van der Waals surface area (Å²) in [4.78, 5) is 11.8. The van der Waals surface area contributed by atoms with Crippen molar-refractivity contribution < 1.29 is 14.6 Å². The summed E-state index contributed by atoms with van der Waals surface area (Å²) in [5.74, 6) is -0.256. The molecule has 16 heavy (non-hydrogen) atoms. The molecule has 1 unspecified atom stereocenters. The van der Waals surface area contributed by atoms with Gasteiger partial charge in [0, 0.05) is 6.61 Å². The molecule has 0 spiro atoms. The summed E-state index contributed by atoms with van der Waals surface area (Å²) in [5, 5.41) is 12.4. The largest absolute Gasteiger partial charge is 0.508 e. The Labute approximate surface area is 98.2 Å². The van der Waals surface area contributed by atoms with Gasteiger partial charge in [-0.15, -0.1) is 0 Å². The first-order valence-corrected chi connectivity index (χ1v) is 5.42. The van der Waals surface area contributed by atoms with Gasteiger partial charge in [-0.3, -0.25) is 4.79 Å². The van der Waals surface area contributed by atoms with Crippen molar-refractivity contribution >= 4 is 17.5 Å². The number of aromatic hydroxyl groups is 1. The van der Waals surface area contributed by atoms with Crippen molar-refractivity contribution in [1.29, 1.82) is 0 Å². The fourth-order valence-electron chi connectivity index (χ4n) is 1.60. The number of ether oxygens (including phenoxy) is 1. The van der Waals surface area contributed by atoms with Crippen molar-refractivity contribution in [2.75, 3.05) is 13.2 Å². The maximum atomic E-state index is 11.8. The third kappa shape index (κ3) is 2.46. The molecule has 1 fully saturated rings. The van der Waals surface area contributed by atoms with Crippen LogP contribution in [0.15, 0.2) is 18.2 Å². The molecule has 0 aliphatic carbocycles. The van der Waals surface area contributed by atoms with Crippen LogP contribution in [0.25, 0.3) is 0 Å². The van der Waals surface area contributed by atoms with Gasteiger partial charge in [-0.25, -0.2) is 0 Å². The number of rotatable bonds is 2. The smallest absolute Gasteiger partial charge is 0.253 e. The van der Waals surface area contributed by atoms with Gasteiger partial charge in [-0.2, -0.15) is 0 Å². The van der Waals surface area contributed by atoms with Crippen LogP contribution in [0, 0.1) is 0 Å². The molecule has 1 amide bonds. The molecule has 0 bridgehead atoms. The second-order valence-corrected chi connectivity index (χ2v) is 4.11. The van der Waals surface area contributed by atoms with E-state index in [2.05, 4.69) is 5.32 Å². The molecule has 0 radical (unpaired) electrons. The van der Waals surface area contributed by atoms with Gasteiger partial charge in [0.2, 0.25) is 0 Å². The summed E-state index contributed by atoms with van der Waals surface area (Å²) in [5.41, 5.74) is 0.286. The van der Waals surface area contributed by atoms with Crippen LogP contribution in [0.2, 0.25) is 5.02 Å². The molecule has 0 aromatic heterocycles. The Morgan fingerprint density at radius 2 is 2.38 bits per heavy atom. The molecule has 1 aliphatic rings. The highest BCUT2D eigenvalue weighted by atomic mass is 35.5. The third-order valence-electron chi connectivity index (χ3n) is 2.46. The number of carbonyl (C=O) groups excluding carboxylic acids is 1. The van der Waals surface area contributed by atoms with E-state index < -0.39 is 0 Å². The molecule has 5 heteroatoms. The number of phenols is 1. The molecule has 1 heterocycles. The minimum absolute atomic E-state index is 0.0252. The Hall–Kier alpha value is -1.26. The number of amides is 1. The first kappa shape index (κ1) is 11.2. The molecular formula is C11H12ClNO3. The van der Waals surface area contributed by atoms with E-state index in [9.17, 15) is 9.90 Å². The van der Waals surface area contributed by atoms with Gasteiger partial charge in [0.05, 0.1) is 23.2 Å². The van der Waals surface area contributed by atoms with E-state index in [-0.39, 0.29) is 23.3 Å². The van der Waals surface area contributed by atoms with Crippen LogP contribution >= 0.6 is 11.6 Å². The fraction of sp³-hybridized carbons (Fsp3) is 0.364. The van der Waals surface area contributed by atoms with E-state index >= 15 is 0 Å². The lowest BCUT2D eigenvalue weighted by Crippen LogP contribution is -2.35. The summed E-state index contributed by atoms with van der Waals surface area (Å²) < 4.78 is 5.15. The number of carbonyl (C=O) groups is 1. The number of hydrogen-bond donors (Lipinski definition) is 2. The van der Waals surface area contributed by atoms with Crippen LogP contribution in [0.5, 0.6) is 5.75 Å². The van der Waals surface area contributed by atoms with Gasteiger partial charge < -0.3 is 15.2 Å². The number of benzene rings is 1. The van der Waals surface area contributed by atoms with Crippen molar-refractivity contribution in [2.24, 2.45) is 0 Å². The number of nitrogens with one attached hydrogen (secondary N) is 1. The van der Waals surface area contributed by atoms with Crippen LogP contribution in [0.4, 0.5) is 0 Å². The Morgan fingerprint density at radius 3 is 3.06 bits per heavy atom. The topological polar surface area (TPSA) is 58.6 Å². The predicted octanol–water partition coefficient (Wildman–Crippen LogP) is 1.56. The van der Waals surface area contributed by atoms with Gasteiger partial charge in [0.1, 0.15) is 5.75 Å². The highest BCUT2D eigenvalue weighted by molar-refractivity contribution is 6.33. The maximum Gasteiger partial charge on any atom is 0.253 e.